The lowest BCUT2D eigenvalue weighted by Gasteiger charge is -2.00. The van der Waals surface area contributed by atoms with E-state index in [1.54, 1.807) is 0 Å². The van der Waals surface area contributed by atoms with Crippen LogP contribution in [0.1, 0.15) is 5.82 Å². The summed E-state index contributed by atoms with van der Waals surface area (Å²) in [6.07, 6.45) is 1.94. The van der Waals surface area contributed by atoms with Gasteiger partial charge >= 0.3 is 0 Å². The van der Waals surface area contributed by atoms with E-state index < -0.39 is 0 Å². The lowest BCUT2D eigenvalue weighted by molar-refractivity contribution is 0.0936. The number of nitrogen functional groups attached to an aromatic ring is 1. The quantitative estimate of drug-likeness (QED) is 0.570. The highest BCUT2D eigenvalue weighted by atomic mass is 16.5. The van der Waals surface area contributed by atoms with E-state index in [4.69, 9.17) is 15.6 Å². The number of aromatic nitrogens is 3. The monoisotopic (exact) mass is 184 g/mol. The summed E-state index contributed by atoms with van der Waals surface area (Å²) in [5.74, 6) is 0.817. The van der Waals surface area contributed by atoms with Crippen LogP contribution < -0.4 is 5.73 Å². The molecule has 0 aliphatic rings. The van der Waals surface area contributed by atoms with E-state index in [-0.39, 0.29) is 12.6 Å². The molecule has 0 saturated heterocycles. The van der Waals surface area contributed by atoms with Crippen molar-refractivity contribution in [1.29, 1.82) is 0 Å². The van der Waals surface area contributed by atoms with E-state index in [1.165, 1.54) is 6.33 Å². The smallest absolute Gasteiger partial charge is 0.223 e. The molecule has 0 spiro atoms. The van der Waals surface area contributed by atoms with Crippen molar-refractivity contribution in [3.8, 4) is 0 Å². The summed E-state index contributed by atoms with van der Waals surface area (Å²) in [7, 11) is 0. The zero-order chi connectivity index (χ0) is 9.52. The minimum Gasteiger partial charge on any atom is -0.394 e. The lowest BCUT2D eigenvalue weighted by Crippen LogP contribution is -2.07. The molecule has 0 unspecified atom stereocenters. The number of hydrogen-bond acceptors (Lipinski definition) is 6. The predicted octanol–water partition coefficient (Wildman–Crippen LogP) is -0.995. The number of anilines is 1. The number of rotatable bonds is 5. The van der Waals surface area contributed by atoms with Gasteiger partial charge in [0.05, 0.1) is 19.8 Å². The first-order valence-electron chi connectivity index (χ1n) is 3.95. The standard InChI is InChI=1S/C7H12N4O2/c8-7-10-5-9-6(11-7)1-3-13-4-2-12/h5,12H,1-4H2,(H2,8,9,10,11). The number of ether oxygens (including phenoxy) is 1. The fourth-order valence-electron chi connectivity index (χ4n) is 0.795. The van der Waals surface area contributed by atoms with Gasteiger partial charge in [-0.3, -0.25) is 0 Å². The molecule has 0 atom stereocenters. The van der Waals surface area contributed by atoms with Crippen molar-refractivity contribution < 1.29 is 9.84 Å². The van der Waals surface area contributed by atoms with Gasteiger partial charge in [-0.2, -0.15) is 4.98 Å². The summed E-state index contributed by atoms with van der Waals surface area (Å²) < 4.78 is 5.04. The van der Waals surface area contributed by atoms with Crippen LogP contribution >= 0.6 is 0 Å². The van der Waals surface area contributed by atoms with Crippen LogP contribution in [0.2, 0.25) is 0 Å². The molecule has 0 amide bonds. The van der Waals surface area contributed by atoms with Gasteiger partial charge in [0, 0.05) is 6.42 Å². The maximum atomic E-state index is 8.42. The first kappa shape index (κ1) is 9.82. The second kappa shape index (κ2) is 5.39. The minimum atomic E-state index is 0.0271. The fraction of sp³-hybridized carbons (Fsp3) is 0.571. The molecule has 6 heteroatoms. The van der Waals surface area contributed by atoms with Gasteiger partial charge in [-0.05, 0) is 0 Å². The molecule has 0 saturated carbocycles. The van der Waals surface area contributed by atoms with Gasteiger partial charge in [0.15, 0.2) is 0 Å². The van der Waals surface area contributed by atoms with Crippen molar-refractivity contribution in [1.82, 2.24) is 15.0 Å². The fourth-order valence-corrected chi connectivity index (χ4v) is 0.795. The zero-order valence-electron chi connectivity index (χ0n) is 7.18. The van der Waals surface area contributed by atoms with E-state index in [2.05, 4.69) is 15.0 Å². The van der Waals surface area contributed by atoms with E-state index in [0.717, 1.165) is 0 Å². The van der Waals surface area contributed by atoms with Crippen LogP contribution in [0.5, 0.6) is 0 Å². The average molecular weight is 184 g/mol. The molecule has 1 aromatic heterocycles. The number of nitrogens with zero attached hydrogens (tertiary/aromatic N) is 3. The Morgan fingerprint density at radius 2 is 2.23 bits per heavy atom. The number of aliphatic hydroxyl groups is 1. The van der Waals surface area contributed by atoms with Crippen LogP contribution in [0.15, 0.2) is 6.33 Å². The molecule has 0 radical (unpaired) electrons. The first-order chi connectivity index (χ1) is 6.33. The van der Waals surface area contributed by atoms with Gasteiger partial charge in [0.1, 0.15) is 12.2 Å². The van der Waals surface area contributed by atoms with Crippen LogP contribution in [-0.2, 0) is 11.2 Å². The molecule has 0 aromatic carbocycles. The Labute approximate surface area is 75.8 Å². The third kappa shape index (κ3) is 3.77. The predicted molar refractivity (Wildman–Crippen MR) is 45.8 cm³/mol. The second-order valence-corrected chi connectivity index (χ2v) is 2.35. The Morgan fingerprint density at radius 1 is 1.38 bits per heavy atom. The van der Waals surface area contributed by atoms with Crippen molar-refractivity contribution in [3.63, 3.8) is 0 Å². The van der Waals surface area contributed by atoms with Gasteiger partial charge in [0.25, 0.3) is 0 Å². The normalized spacial score (nSPS) is 10.2. The van der Waals surface area contributed by atoms with Crippen molar-refractivity contribution in [3.05, 3.63) is 12.2 Å². The van der Waals surface area contributed by atoms with Crippen LogP contribution in [0, 0.1) is 0 Å². The highest BCUT2D eigenvalue weighted by Gasteiger charge is 1.97. The first-order valence-corrected chi connectivity index (χ1v) is 3.95. The molecular formula is C7H12N4O2. The Balaban J connectivity index is 2.28. The Hall–Kier alpha value is -1.27. The number of hydrogen-bond donors (Lipinski definition) is 2. The van der Waals surface area contributed by atoms with Crippen molar-refractivity contribution in [2.24, 2.45) is 0 Å². The molecule has 6 nitrogen and oxygen atoms in total. The summed E-state index contributed by atoms with van der Waals surface area (Å²) in [5.41, 5.74) is 5.35. The van der Waals surface area contributed by atoms with E-state index in [1.807, 2.05) is 0 Å². The van der Waals surface area contributed by atoms with Crippen LogP contribution in [-0.4, -0.2) is 39.9 Å². The van der Waals surface area contributed by atoms with Crippen molar-refractivity contribution in [2.45, 2.75) is 6.42 Å². The highest BCUT2D eigenvalue weighted by molar-refractivity contribution is 5.12. The van der Waals surface area contributed by atoms with E-state index in [0.29, 0.717) is 25.5 Å². The molecule has 0 fully saturated rings. The molecular weight excluding hydrogens is 172 g/mol. The third-order valence-electron chi connectivity index (χ3n) is 1.35. The number of aliphatic hydroxyl groups excluding tert-OH is 1. The van der Waals surface area contributed by atoms with Gasteiger partial charge < -0.3 is 15.6 Å². The Morgan fingerprint density at radius 3 is 2.92 bits per heavy atom. The molecule has 0 aliphatic carbocycles. The van der Waals surface area contributed by atoms with Crippen LogP contribution in [0.3, 0.4) is 0 Å². The minimum absolute atomic E-state index is 0.0271. The maximum Gasteiger partial charge on any atom is 0.223 e. The maximum absolute atomic E-state index is 8.42. The van der Waals surface area contributed by atoms with E-state index >= 15 is 0 Å². The second-order valence-electron chi connectivity index (χ2n) is 2.35. The molecule has 72 valence electrons. The summed E-state index contributed by atoms with van der Waals surface area (Å²) in [6, 6.07) is 0. The lowest BCUT2D eigenvalue weighted by atomic mass is 10.4. The van der Waals surface area contributed by atoms with E-state index in [9.17, 15) is 0 Å². The summed E-state index contributed by atoms with van der Waals surface area (Å²) in [4.78, 5) is 11.4. The highest BCUT2D eigenvalue weighted by Crippen LogP contribution is 1.93. The average Bonchev–Trinajstić information content (AvgIpc) is 2.13. The summed E-state index contributed by atoms with van der Waals surface area (Å²) in [5, 5.41) is 8.42. The Kier molecular flexibility index (Phi) is 4.07. The van der Waals surface area contributed by atoms with Gasteiger partial charge in [-0.15, -0.1) is 0 Å². The van der Waals surface area contributed by atoms with Crippen molar-refractivity contribution >= 4 is 5.95 Å². The zero-order valence-corrected chi connectivity index (χ0v) is 7.18. The number of nitrogens with two attached hydrogens (primary N) is 1. The molecule has 0 bridgehead atoms. The molecule has 1 heterocycles. The largest absolute Gasteiger partial charge is 0.394 e. The topological polar surface area (TPSA) is 94.2 Å². The molecule has 1 aromatic rings. The molecule has 1 rings (SSSR count). The van der Waals surface area contributed by atoms with Crippen LogP contribution in [0.4, 0.5) is 5.95 Å². The Bertz CT molecular complexity index is 256. The van der Waals surface area contributed by atoms with Crippen LogP contribution in [0.25, 0.3) is 0 Å². The molecule has 3 N–H and O–H groups in total. The third-order valence-corrected chi connectivity index (χ3v) is 1.35. The molecule has 13 heavy (non-hydrogen) atoms. The van der Waals surface area contributed by atoms with Gasteiger partial charge in [0.2, 0.25) is 5.95 Å². The summed E-state index contributed by atoms with van der Waals surface area (Å²) in [6.45, 7) is 0.837. The van der Waals surface area contributed by atoms with Gasteiger partial charge in [-0.25, -0.2) is 9.97 Å². The van der Waals surface area contributed by atoms with Crippen molar-refractivity contribution in [2.75, 3.05) is 25.6 Å². The SMILES string of the molecule is Nc1ncnc(CCOCCO)n1. The van der Waals surface area contributed by atoms with Gasteiger partial charge in [-0.1, -0.05) is 0 Å². The molecule has 0 aliphatic heterocycles. The summed E-state index contributed by atoms with van der Waals surface area (Å²) >= 11 is 0.